The van der Waals surface area contributed by atoms with Crippen molar-refractivity contribution in [3.63, 3.8) is 0 Å². The van der Waals surface area contributed by atoms with E-state index in [1.165, 1.54) is 0 Å². The van der Waals surface area contributed by atoms with Gasteiger partial charge in [-0.15, -0.1) is 0 Å². The molecule has 0 aliphatic carbocycles. The standard InChI is InChI=1S/C13H9BrF4N2/c1-5-3-7(14)4-6(2)10(5)19-11-8(15)12(17)20-13(18)9(11)16/h3-4H,1-2H3,(H,19,20). The van der Waals surface area contributed by atoms with Crippen molar-refractivity contribution in [3.8, 4) is 0 Å². The van der Waals surface area contributed by atoms with E-state index in [1.807, 2.05) is 0 Å². The lowest BCUT2D eigenvalue weighted by molar-refractivity contribution is 0.411. The minimum absolute atomic E-state index is 0.371. The Bertz CT molecular complexity index is 639. The van der Waals surface area contributed by atoms with Crippen LogP contribution in [0.15, 0.2) is 16.6 Å². The van der Waals surface area contributed by atoms with Gasteiger partial charge in [-0.2, -0.15) is 22.5 Å². The van der Waals surface area contributed by atoms with Crippen LogP contribution < -0.4 is 5.32 Å². The van der Waals surface area contributed by atoms with Crippen LogP contribution in [-0.4, -0.2) is 4.98 Å². The molecule has 2 nitrogen and oxygen atoms in total. The molecule has 0 aliphatic rings. The summed E-state index contributed by atoms with van der Waals surface area (Å²) in [5.41, 5.74) is 0.793. The maximum atomic E-state index is 13.6. The second-order valence-electron chi connectivity index (χ2n) is 4.24. The van der Waals surface area contributed by atoms with E-state index in [-0.39, 0.29) is 0 Å². The van der Waals surface area contributed by atoms with Gasteiger partial charge >= 0.3 is 0 Å². The summed E-state index contributed by atoms with van der Waals surface area (Å²) < 4.78 is 54.0. The van der Waals surface area contributed by atoms with Gasteiger partial charge in [0.25, 0.3) is 11.9 Å². The lowest BCUT2D eigenvalue weighted by Crippen LogP contribution is -2.07. The molecule has 0 radical (unpaired) electrons. The summed E-state index contributed by atoms with van der Waals surface area (Å²) in [6, 6.07) is 3.41. The fourth-order valence-corrected chi connectivity index (χ4v) is 2.52. The van der Waals surface area contributed by atoms with Crippen LogP contribution in [-0.2, 0) is 0 Å². The average Bonchev–Trinajstić information content (AvgIpc) is 2.34. The van der Waals surface area contributed by atoms with Gasteiger partial charge in [-0.05, 0) is 37.1 Å². The van der Waals surface area contributed by atoms with E-state index in [9.17, 15) is 17.6 Å². The molecule has 0 saturated carbocycles. The monoisotopic (exact) mass is 348 g/mol. The Balaban J connectivity index is 2.56. The number of nitrogens with one attached hydrogen (secondary N) is 1. The Hall–Kier alpha value is -1.63. The average molecular weight is 349 g/mol. The third-order valence-corrected chi connectivity index (χ3v) is 3.20. The largest absolute Gasteiger partial charge is 0.350 e. The molecule has 1 aromatic heterocycles. The SMILES string of the molecule is Cc1cc(Br)cc(C)c1Nc1c(F)c(F)nc(F)c1F. The molecule has 2 aromatic rings. The third kappa shape index (κ3) is 2.63. The zero-order valence-electron chi connectivity index (χ0n) is 10.5. The van der Waals surface area contributed by atoms with Crippen molar-refractivity contribution in [2.75, 3.05) is 5.32 Å². The summed E-state index contributed by atoms with van der Waals surface area (Å²) in [4.78, 5) is 2.50. The molecular formula is C13H9BrF4N2. The van der Waals surface area contributed by atoms with E-state index >= 15 is 0 Å². The Labute approximate surface area is 121 Å². The minimum atomic E-state index is -1.70. The summed E-state index contributed by atoms with van der Waals surface area (Å²) >= 11 is 3.28. The molecule has 1 aromatic carbocycles. The second-order valence-corrected chi connectivity index (χ2v) is 5.15. The molecule has 0 atom stereocenters. The molecule has 106 valence electrons. The topological polar surface area (TPSA) is 24.9 Å². The van der Waals surface area contributed by atoms with Crippen molar-refractivity contribution >= 4 is 27.3 Å². The van der Waals surface area contributed by atoms with Crippen molar-refractivity contribution in [1.82, 2.24) is 4.98 Å². The van der Waals surface area contributed by atoms with Gasteiger partial charge in [0.15, 0.2) is 0 Å². The Morgan fingerprint density at radius 1 is 0.900 bits per heavy atom. The van der Waals surface area contributed by atoms with Gasteiger partial charge in [-0.1, -0.05) is 15.9 Å². The smallest absolute Gasteiger partial charge is 0.253 e. The zero-order valence-corrected chi connectivity index (χ0v) is 12.1. The summed E-state index contributed by atoms with van der Waals surface area (Å²) in [6.07, 6.45) is 0. The number of halogens is 5. The zero-order chi connectivity index (χ0) is 15.0. The molecule has 0 saturated heterocycles. The lowest BCUT2D eigenvalue weighted by atomic mass is 10.1. The molecule has 7 heteroatoms. The van der Waals surface area contributed by atoms with Gasteiger partial charge in [0, 0.05) is 10.2 Å². The molecule has 0 amide bonds. The maximum Gasteiger partial charge on any atom is 0.253 e. The van der Waals surface area contributed by atoms with Gasteiger partial charge in [-0.3, -0.25) is 0 Å². The van der Waals surface area contributed by atoms with Crippen LogP contribution in [0.1, 0.15) is 11.1 Å². The molecule has 1 heterocycles. The number of pyridine rings is 1. The van der Waals surface area contributed by atoms with Crippen LogP contribution in [0.2, 0.25) is 0 Å². The molecule has 20 heavy (non-hydrogen) atoms. The maximum absolute atomic E-state index is 13.6. The van der Waals surface area contributed by atoms with E-state index in [0.717, 1.165) is 4.47 Å². The molecule has 0 bridgehead atoms. The third-order valence-electron chi connectivity index (χ3n) is 2.75. The van der Waals surface area contributed by atoms with Crippen molar-refractivity contribution in [2.24, 2.45) is 0 Å². The lowest BCUT2D eigenvalue weighted by Gasteiger charge is -2.14. The molecule has 0 spiro atoms. The van der Waals surface area contributed by atoms with E-state index < -0.39 is 29.2 Å². The first kappa shape index (κ1) is 14.8. The minimum Gasteiger partial charge on any atom is -0.350 e. The summed E-state index contributed by atoms with van der Waals surface area (Å²) in [5.74, 6) is -6.52. The molecule has 0 aliphatic heterocycles. The van der Waals surface area contributed by atoms with Crippen LogP contribution in [0.25, 0.3) is 0 Å². The fraction of sp³-hybridized carbons (Fsp3) is 0.154. The summed E-state index contributed by atoms with van der Waals surface area (Å²) in [6.45, 7) is 3.40. The fourth-order valence-electron chi connectivity index (χ4n) is 1.83. The number of nitrogens with zero attached hydrogens (tertiary/aromatic N) is 1. The van der Waals surface area contributed by atoms with Crippen molar-refractivity contribution in [3.05, 3.63) is 51.3 Å². The number of hydrogen-bond acceptors (Lipinski definition) is 2. The molecule has 0 unspecified atom stereocenters. The van der Waals surface area contributed by atoms with Gasteiger partial charge < -0.3 is 5.32 Å². The van der Waals surface area contributed by atoms with E-state index in [1.54, 1.807) is 26.0 Å². The molecule has 2 rings (SSSR count). The van der Waals surface area contributed by atoms with Crippen LogP contribution in [0.4, 0.5) is 28.9 Å². The van der Waals surface area contributed by atoms with Crippen molar-refractivity contribution in [2.45, 2.75) is 13.8 Å². The number of benzene rings is 1. The normalized spacial score (nSPS) is 10.8. The van der Waals surface area contributed by atoms with Gasteiger partial charge in [-0.25, -0.2) is 0 Å². The van der Waals surface area contributed by atoms with Crippen LogP contribution in [0.3, 0.4) is 0 Å². The van der Waals surface area contributed by atoms with Gasteiger partial charge in [0.1, 0.15) is 5.69 Å². The van der Waals surface area contributed by atoms with Crippen LogP contribution in [0.5, 0.6) is 0 Å². The predicted molar refractivity (Wildman–Crippen MR) is 71.0 cm³/mol. The number of hydrogen-bond donors (Lipinski definition) is 1. The van der Waals surface area contributed by atoms with Crippen molar-refractivity contribution < 1.29 is 17.6 Å². The summed E-state index contributed by atoms with van der Waals surface area (Å²) in [5, 5.41) is 2.40. The van der Waals surface area contributed by atoms with Gasteiger partial charge in [0.05, 0.1) is 0 Å². The van der Waals surface area contributed by atoms with E-state index in [0.29, 0.717) is 16.8 Å². The highest BCUT2D eigenvalue weighted by molar-refractivity contribution is 9.10. The Morgan fingerprint density at radius 3 is 1.80 bits per heavy atom. The quantitative estimate of drug-likeness (QED) is 0.625. The first-order valence-corrected chi connectivity index (χ1v) is 6.34. The van der Waals surface area contributed by atoms with Gasteiger partial charge in [0.2, 0.25) is 11.6 Å². The Kier molecular flexibility index (Phi) is 3.99. The first-order chi connectivity index (χ1) is 9.31. The highest BCUT2D eigenvalue weighted by Gasteiger charge is 2.21. The van der Waals surface area contributed by atoms with Crippen LogP contribution >= 0.6 is 15.9 Å². The highest BCUT2D eigenvalue weighted by Crippen LogP contribution is 2.31. The number of aromatic nitrogens is 1. The number of aryl methyl sites for hydroxylation is 2. The first-order valence-electron chi connectivity index (χ1n) is 5.55. The summed E-state index contributed by atoms with van der Waals surface area (Å²) in [7, 11) is 0. The predicted octanol–water partition coefficient (Wildman–Crippen LogP) is 4.76. The number of anilines is 2. The second kappa shape index (κ2) is 5.40. The van der Waals surface area contributed by atoms with Crippen LogP contribution in [0, 0.1) is 37.4 Å². The van der Waals surface area contributed by atoms with Crippen molar-refractivity contribution in [1.29, 1.82) is 0 Å². The highest BCUT2D eigenvalue weighted by atomic mass is 79.9. The molecule has 0 fully saturated rings. The Morgan fingerprint density at radius 2 is 1.35 bits per heavy atom. The molecule has 1 N–H and O–H groups in total. The molecular weight excluding hydrogens is 340 g/mol. The van der Waals surface area contributed by atoms with E-state index in [4.69, 9.17) is 0 Å². The van der Waals surface area contributed by atoms with E-state index in [2.05, 4.69) is 26.2 Å². The number of rotatable bonds is 2.